The molecule has 0 spiro atoms. The molecule has 0 aliphatic carbocycles. The fourth-order valence-electron chi connectivity index (χ4n) is 3.21. The van der Waals surface area contributed by atoms with Crippen molar-refractivity contribution in [1.82, 2.24) is 15.2 Å². The second-order valence-corrected chi connectivity index (χ2v) is 6.43. The zero-order valence-corrected chi connectivity index (χ0v) is 14.1. The number of fused-ring (bicyclic) bond motifs is 1. The number of aromatic nitrogens is 3. The highest BCUT2D eigenvalue weighted by Crippen LogP contribution is 2.31. The number of nitrogens with zero attached hydrogens (tertiary/aromatic N) is 3. The predicted octanol–water partition coefficient (Wildman–Crippen LogP) is 3.93. The van der Waals surface area contributed by atoms with Crippen LogP contribution in [0.3, 0.4) is 0 Å². The third-order valence-corrected chi connectivity index (χ3v) is 4.76. The lowest BCUT2D eigenvalue weighted by Crippen LogP contribution is -2.31. The molecule has 0 amide bonds. The van der Waals surface area contributed by atoms with Crippen molar-refractivity contribution < 1.29 is 8.78 Å². The molecular formula is C19H18F2N4. The van der Waals surface area contributed by atoms with Gasteiger partial charge in [0, 0.05) is 25.2 Å². The Hall–Kier alpha value is -2.76. The minimum absolute atomic E-state index is 0.00516. The van der Waals surface area contributed by atoms with Gasteiger partial charge in [0.25, 0.3) is 0 Å². The van der Waals surface area contributed by atoms with E-state index in [1.807, 2.05) is 26.0 Å². The first-order valence-electron chi connectivity index (χ1n) is 8.24. The Labute approximate surface area is 144 Å². The topological polar surface area (TPSA) is 44.8 Å². The van der Waals surface area contributed by atoms with Crippen LogP contribution in [0.4, 0.5) is 14.6 Å². The van der Waals surface area contributed by atoms with E-state index in [0.717, 1.165) is 41.3 Å². The largest absolute Gasteiger partial charge is 0.358 e. The number of hydrogen-bond donors (Lipinski definition) is 1. The molecule has 1 aliphatic heterocycles. The Bertz CT molecular complexity index is 928. The van der Waals surface area contributed by atoms with Gasteiger partial charge in [-0.15, -0.1) is 5.10 Å². The van der Waals surface area contributed by atoms with Gasteiger partial charge in [-0.3, -0.25) is 0 Å². The Morgan fingerprint density at radius 3 is 2.56 bits per heavy atom. The van der Waals surface area contributed by atoms with Gasteiger partial charge in [-0.05, 0) is 49.2 Å². The Morgan fingerprint density at radius 2 is 1.84 bits per heavy atom. The van der Waals surface area contributed by atoms with Crippen LogP contribution in [0, 0.1) is 25.5 Å². The van der Waals surface area contributed by atoms with E-state index in [1.54, 1.807) is 0 Å². The van der Waals surface area contributed by atoms with Crippen molar-refractivity contribution in [3.05, 3.63) is 64.5 Å². The quantitative estimate of drug-likeness (QED) is 0.769. The Morgan fingerprint density at radius 1 is 1.08 bits per heavy atom. The first-order valence-corrected chi connectivity index (χ1v) is 8.24. The summed E-state index contributed by atoms with van der Waals surface area (Å²) in [5.41, 5.74) is 4.54. The van der Waals surface area contributed by atoms with E-state index in [-0.39, 0.29) is 5.56 Å². The molecule has 0 unspecified atom stereocenters. The van der Waals surface area contributed by atoms with Gasteiger partial charge >= 0.3 is 0 Å². The minimum atomic E-state index is -0.560. The van der Waals surface area contributed by atoms with E-state index in [0.29, 0.717) is 12.2 Å². The number of halogens is 2. The van der Waals surface area contributed by atoms with Gasteiger partial charge in [0.2, 0.25) is 0 Å². The molecule has 2 aromatic heterocycles. The normalized spacial score (nSPS) is 13.8. The highest BCUT2D eigenvalue weighted by Gasteiger charge is 2.22. The first kappa shape index (κ1) is 15.7. The molecule has 0 fully saturated rings. The summed E-state index contributed by atoms with van der Waals surface area (Å²) in [6, 6.07) is 7.77. The van der Waals surface area contributed by atoms with E-state index in [2.05, 4.69) is 20.1 Å². The van der Waals surface area contributed by atoms with E-state index in [1.165, 1.54) is 18.2 Å². The zero-order chi connectivity index (χ0) is 17.6. The van der Waals surface area contributed by atoms with Gasteiger partial charge in [0.05, 0.1) is 17.0 Å². The van der Waals surface area contributed by atoms with Gasteiger partial charge in [0.1, 0.15) is 11.6 Å². The Balaban J connectivity index is 1.66. The molecule has 4 rings (SSSR count). The van der Waals surface area contributed by atoms with Gasteiger partial charge < -0.3 is 9.88 Å². The summed E-state index contributed by atoms with van der Waals surface area (Å²) in [5.74, 6) is -0.292. The van der Waals surface area contributed by atoms with Crippen LogP contribution in [0.2, 0.25) is 0 Å². The van der Waals surface area contributed by atoms with Crippen LogP contribution in [0.25, 0.3) is 11.3 Å². The van der Waals surface area contributed by atoms with Crippen molar-refractivity contribution in [2.24, 2.45) is 0 Å². The number of aryl methyl sites for hydroxylation is 2. The molecular weight excluding hydrogens is 322 g/mol. The SMILES string of the molecule is Cc1cc(N2CCc3[nH]c(-c4c(F)cccc4F)cc3C2)nnc1C. The summed E-state index contributed by atoms with van der Waals surface area (Å²) >= 11 is 0. The second kappa shape index (κ2) is 5.95. The van der Waals surface area contributed by atoms with E-state index in [9.17, 15) is 8.78 Å². The number of benzene rings is 1. The first-order chi connectivity index (χ1) is 12.0. The lowest BCUT2D eigenvalue weighted by molar-refractivity contribution is 0.589. The van der Waals surface area contributed by atoms with Crippen LogP contribution in [0.5, 0.6) is 0 Å². The van der Waals surface area contributed by atoms with Crippen molar-refractivity contribution in [3.8, 4) is 11.3 Å². The van der Waals surface area contributed by atoms with E-state index in [4.69, 9.17) is 0 Å². The average molecular weight is 340 g/mol. The van der Waals surface area contributed by atoms with Crippen molar-refractivity contribution in [2.75, 3.05) is 11.4 Å². The average Bonchev–Trinajstić information content (AvgIpc) is 2.99. The molecule has 3 aromatic rings. The Kier molecular flexibility index (Phi) is 3.75. The standard InChI is InChI=1S/C19H18F2N4/c1-11-8-18(24-23-12(11)2)25-7-6-16-13(10-25)9-17(22-16)19-14(20)4-3-5-15(19)21/h3-5,8-9,22H,6-7,10H2,1-2H3. The molecule has 0 atom stereocenters. The maximum absolute atomic E-state index is 14.0. The summed E-state index contributed by atoms with van der Waals surface area (Å²) in [7, 11) is 0. The molecule has 4 nitrogen and oxygen atoms in total. The molecule has 6 heteroatoms. The third-order valence-electron chi connectivity index (χ3n) is 4.76. The maximum atomic E-state index is 14.0. The van der Waals surface area contributed by atoms with Crippen molar-refractivity contribution in [1.29, 1.82) is 0 Å². The van der Waals surface area contributed by atoms with Gasteiger partial charge in [-0.25, -0.2) is 8.78 Å². The summed E-state index contributed by atoms with van der Waals surface area (Å²) < 4.78 is 28.1. The van der Waals surface area contributed by atoms with Crippen molar-refractivity contribution >= 4 is 5.82 Å². The number of rotatable bonds is 2. The number of hydrogen-bond acceptors (Lipinski definition) is 3. The van der Waals surface area contributed by atoms with Crippen molar-refractivity contribution in [3.63, 3.8) is 0 Å². The van der Waals surface area contributed by atoms with Crippen molar-refractivity contribution in [2.45, 2.75) is 26.8 Å². The zero-order valence-electron chi connectivity index (χ0n) is 14.1. The molecule has 25 heavy (non-hydrogen) atoms. The fourth-order valence-corrected chi connectivity index (χ4v) is 3.21. The molecule has 0 saturated heterocycles. The number of anilines is 1. The molecule has 1 N–H and O–H groups in total. The molecule has 1 aromatic carbocycles. The van der Waals surface area contributed by atoms with Gasteiger partial charge in [0.15, 0.2) is 5.82 Å². The molecule has 1 aliphatic rings. The van der Waals surface area contributed by atoms with Crippen LogP contribution in [-0.4, -0.2) is 21.7 Å². The van der Waals surface area contributed by atoms with Crippen LogP contribution in [0.1, 0.15) is 22.5 Å². The summed E-state index contributed by atoms with van der Waals surface area (Å²) in [4.78, 5) is 5.32. The number of H-pyrrole nitrogens is 1. The van der Waals surface area contributed by atoms with E-state index < -0.39 is 11.6 Å². The molecule has 128 valence electrons. The molecule has 3 heterocycles. The lowest BCUT2D eigenvalue weighted by Gasteiger charge is -2.27. The van der Waals surface area contributed by atoms with Gasteiger partial charge in [-0.2, -0.15) is 5.10 Å². The number of aromatic amines is 1. The smallest absolute Gasteiger partial charge is 0.151 e. The van der Waals surface area contributed by atoms with Crippen LogP contribution < -0.4 is 4.90 Å². The van der Waals surface area contributed by atoms with Crippen LogP contribution >= 0.6 is 0 Å². The molecule has 0 bridgehead atoms. The highest BCUT2D eigenvalue weighted by molar-refractivity contribution is 5.64. The van der Waals surface area contributed by atoms with Gasteiger partial charge in [-0.1, -0.05) is 6.07 Å². The fraction of sp³-hybridized carbons (Fsp3) is 0.263. The van der Waals surface area contributed by atoms with Crippen LogP contribution in [0.15, 0.2) is 30.3 Å². The second-order valence-electron chi connectivity index (χ2n) is 6.43. The molecule has 0 radical (unpaired) electrons. The van der Waals surface area contributed by atoms with Crippen LogP contribution in [-0.2, 0) is 13.0 Å². The monoisotopic (exact) mass is 340 g/mol. The lowest BCUT2D eigenvalue weighted by atomic mass is 10.1. The number of nitrogens with one attached hydrogen (secondary N) is 1. The highest BCUT2D eigenvalue weighted by atomic mass is 19.1. The minimum Gasteiger partial charge on any atom is -0.358 e. The predicted molar refractivity (Wildman–Crippen MR) is 92.4 cm³/mol. The van der Waals surface area contributed by atoms with E-state index >= 15 is 0 Å². The summed E-state index contributed by atoms with van der Waals surface area (Å²) in [6.07, 6.45) is 0.764. The maximum Gasteiger partial charge on any atom is 0.151 e. The summed E-state index contributed by atoms with van der Waals surface area (Å²) in [5, 5.41) is 8.46. The summed E-state index contributed by atoms with van der Waals surface area (Å²) in [6.45, 7) is 5.36. The molecule has 0 saturated carbocycles. The third kappa shape index (κ3) is 2.77.